The van der Waals surface area contributed by atoms with Gasteiger partial charge in [0.15, 0.2) is 0 Å². The number of thioether (sulfide) groups is 1. The van der Waals surface area contributed by atoms with Crippen LogP contribution in [0.2, 0.25) is 0 Å². The topological polar surface area (TPSA) is 49.9 Å². The highest BCUT2D eigenvalue weighted by molar-refractivity contribution is 8.01. The molecule has 3 unspecified atom stereocenters. The minimum Gasteiger partial charge on any atom is -0.376 e. The highest BCUT2D eigenvalue weighted by atomic mass is 32.2. The largest absolute Gasteiger partial charge is 0.376 e. The number of fused-ring (bicyclic) bond motifs is 1. The van der Waals surface area contributed by atoms with Crippen molar-refractivity contribution in [3.63, 3.8) is 0 Å². The summed E-state index contributed by atoms with van der Waals surface area (Å²) in [6.45, 7) is 4.11. The standard InChI is InChI=1S/C18H24N2O3S2/c1-18-7-6-16(21)20(18)15(12-25-18)17(22)19(10-13-4-2-8-23-13)11-14-5-3-9-24-14/h3,5,9,13,15H,2,4,6-8,10-12H2,1H3. The van der Waals surface area contributed by atoms with E-state index >= 15 is 0 Å². The number of ether oxygens (including phenoxy) is 1. The zero-order valence-electron chi connectivity index (χ0n) is 14.5. The van der Waals surface area contributed by atoms with Gasteiger partial charge in [-0.15, -0.1) is 23.1 Å². The lowest BCUT2D eigenvalue weighted by atomic mass is 10.1. The van der Waals surface area contributed by atoms with Crippen molar-refractivity contribution in [2.75, 3.05) is 18.9 Å². The molecule has 3 saturated heterocycles. The molecule has 5 nitrogen and oxygen atoms in total. The van der Waals surface area contributed by atoms with E-state index in [1.807, 2.05) is 21.2 Å². The molecule has 0 spiro atoms. The molecule has 0 aromatic carbocycles. The van der Waals surface area contributed by atoms with Crippen LogP contribution in [0.15, 0.2) is 17.5 Å². The average Bonchev–Trinajstić information content (AvgIpc) is 3.35. The second-order valence-electron chi connectivity index (χ2n) is 7.20. The summed E-state index contributed by atoms with van der Waals surface area (Å²) in [5.74, 6) is 0.905. The van der Waals surface area contributed by atoms with Crippen molar-refractivity contribution in [3.8, 4) is 0 Å². The van der Waals surface area contributed by atoms with Crippen LogP contribution >= 0.6 is 23.1 Å². The number of thiophene rings is 1. The highest BCUT2D eigenvalue weighted by Crippen LogP contribution is 2.47. The van der Waals surface area contributed by atoms with Crippen LogP contribution in [0.1, 0.15) is 37.5 Å². The van der Waals surface area contributed by atoms with Crippen LogP contribution in [0.25, 0.3) is 0 Å². The quantitative estimate of drug-likeness (QED) is 0.788. The predicted molar refractivity (Wildman–Crippen MR) is 99.4 cm³/mol. The Morgan fingerprint density at radius 2 is 2.40 bits per heavy atom. The smallest absolute Gasteiger partial charge is 0.246 e. The Hall–Kier alpha value is -1.05. The molecular weight excluding hydrogens is 356 g/mol. The van der Waals surface area contributed by atoms with Crippen LogP contribution in [-0.2, 0) is 20.9 Å². The fourth-order valence-corrected chi connectivity index (χ4v) is 6.21. The third-order valence-corrected chi connectivity index (χ3v) is 7.78. The van der Waals surface area contributed by atoms with E-state index in [1.54, 1.807) is 23.1 Å². The zero-order valence-corrected chi connectivity index (χ0v) is 16.1. The molecule has 136 valence electrons. The van der Waals surface area contributed by atoms with Gasteiger partial charge in [0.1, 0.15) is 6.04 Å². The van der Waals surface area contributed by atoms with E-state index < -0.39 is 0 Å². The van der Waals surface area contributed by atoms with Gasteiger partial charge in [0, 0.05) is 30.2 Å². The molecule has 1 aromatic rings. The number of rotatable bonds is 5. The summed E-state index contributed by atoms with van der Waals surface area (Å²) in [5.41, 5.74) is 0. The Labute approximate surface area is 156 Å². The number of hydrogen-bond acceptors (Lipinski definition) is 5. The van der Waals surface area contributed by atoms with Crippen LogP contribution in [-0.4, -0.2) is 57.5 Å². The second kappa shape index (κ2) is 6.93. The highest BCUT2D eigenvalue weighted by Gasteiger charge is 2.53. The Balaban J connectivity index is 1.53. The lowest BCUT2D eigenvalue weighted by molar-refractivity contribution is -0.145. The first kappa shape index (κ1) is 17.4. The molecule has 4 heterocycles. The molecule has 25 heavy (non-hydrogen) atoms. The second-order valence-corrected chi connectivity index (χ2v) is 9.73. The van der Waals surface area contributed by atoms with Gasteiger partial charge in [-0.3, -0.25) is 9.59 Å². The Morgan fingerprint density at radius 1 is 1.52 bits per heavy atom. The van der Waals surface area contributed by atoms with Gasteiger partial charge >= 0.3 is 0 Å². The molecular formula is C18H24N2O3S2. The van der Waals surface area contributed by atoms with Crippen LogP contribution in [0, 0.1) is 0 Å². The number of carbonyl (C=O) groups is 2. The summed E-state index contributed by atoms with van der Waals surface area (Å²) in [7, 11) is 0. The van der Waals surface area contributed by atoms with Crippen molar-refractivity contribution in [3.05, 3.63) is 22.4 Å². The van der Waals surface area contributed by atoms with Gasteiger partial charge in [-0.1, -0.05) is 6.07 Å². The maximum atomic E-state index is 13.4. The minimum absolute atomic E-state index is 0.0791. The van der Waals surface area contributed by atoms with Gasteiger partial charge in [-0.05, 0) is 37.6 Å². The van der Waals surface area contributed by atoms with E-state index in [-0.39, 0.29) is 28.8 Å². The normalized spacial score (nSPS) is 31.6. The molecule has 0 aliphatic carbocycles. The van der Waals surface area contributed by atoms with E-state index in [0.717, 1.165) is 25.9 Å². The molecule has 3 atom stereocenters. The fraction of sp³-hybridized carbons (Fsp3) is 0.667. The average molecular weight is 381 g/mol. The maximum absolute atomic E-state index is 13.4. The number of nitrogens with zero attached hydrogens (tertiary/aromatic N) is 2. The molecule has 0 N–H and O–H groups in total. The van der Waals surface area contributed by atoms with Gasteiger partial charge in [0.25, 0.3) is 0 Å². The number of carbonyl (C=O) groups excluding carboxylic acids is 2. The first-order valence-corrected chi connectivity index (χ1v) is 10.8. The van der Waals surface area contributed by atoms with Crippen molar-refractivity contribution in [2.45, 2.75) is 56.2 Å². The van der Waals surface area contributed by atoms with Crippen molar-refractivity contribution in [1.29, 1.82) is 0 Å². The zero-order chi connectivity index (χ0) is 17.4. The van der Waals surface area contributed by atoms with Crippen LogP contribution in [0.3, 0.4) is 0 Å². The van der Waals surface area contributed by atoms with E-state index in [4.69, 9.17) is 4.74 Å². The molecule has 0 saturated carbocycles. The third-order valence-electron chi connectivity index (χ3n) is 5.42. The molecule has 0 radical (unpaired) electrons. The molecule has 7 heteroatoms. The first-order chi connectivity index (χ1) is 12.1. The lowest BCUT2D eigenvalue weighted by Crippen LogP contribution is -2.52. The fourth-order valence-electron chi connectivity index (χ4n) is 4.07. The molecule has 2 amide bonds. The van der Waals surface area contributed by atoms with Crippen LogP contribution in [0.4, 0.5) is 0 Å². The monoisotopic (exact) mass is 380 g/mol. The van der Waals surface area contributed by atoms with Crippen LogP contribution < -0.4 is 0 Å². The Bertz CT molecular complexity index is 645. The van der Waals surface area contributed by atoms with Crippen molar-refractivity contribution < 1.29 is 14.3 Å². The van der Waals surface area contributed by atoms with E-state index in [1.165, 1.54) is 4.88 Å². The van der Waals surface area contributed by atoms with Gasteiger partial charge in [-0.2, -0.15) is 0 Å². The van der Waals surface area contributed by atoms with Gasteiger partial charge in [0.05, 0.1) is 17.5 Å². The van der Waals surface area contributed by atoms with E-state index in [9.17, 15) is 9.59 Å². The summed E-state index contributed by atoms with van der Waals surface area (Å²) >= 11 is 3.42. The maximum Gasteiger partial charge on any atom is 0.246 e. The van der Waals surface area contributed by atoms with Crippen molar-refractivity contribution in [2.24, 2.45) is 0 Å². The summed E-state index contributed by atoms with van der Waals surface area (Å²) in [6.07, 6.45) is 3.60. The summed E-state index contributed by atoms with van der Waals surface area (Å²) < 4.78 is 5.77. The SMILES string of the molecule is CC12CCC(=O)N1C(C(=O)N(Cc1cccs1)CC1CCCO1)CS2. The summed E-state index contributed by atoms with van der Waals surface area (Å²) in [6, 6.07) is 3.75. The van der Waals surface area contributed by atoms with Gasteiger partial charge in [0.2, 0.25) is 11.8 Å². The number of amides is 2. The summed E-state index contributed by atoms with van der Waals surface area (Å²) in [4.78, 5) is 30.5. The Morgan fingerprint density at radius 3 is 3.12 bits per heavy atom. The molecule has 0 bridgehead atoms. The van der Waals surface area contributed by atoms with Crippen molar-refractivity contribution >= 4 is 34.9 Å². The third kappa shape index (κ3) is 3.34. The lowest BCUT2D eigenvalue weighted by Gasteiger charge is -2.33. The van der Waals surface area contributed by atoms with Gasteiger partial charge < -0.3 is 14.5 Å². The molecule has 4 rings (SSSR count). The Kier molecular flexibility index (Phi) is 4.81. The first-order valence-electron chi connectivity index (χ1n) is 8.96. The molecule has 3 fully saturated rings. The predicted octanol–water partition coefficient (Wildman–Crippen LogP) is 2.71. The van der Waals surface area contributed by atoms with E-state index in [2.05, 4.69) is 13.0 Å². The molecule has 3 aliphatic rings. The summed E-state index contributed by atoms with van der Waals surface area (Å²) in [5, 5.41) is 2.04. The molecule has 1 aromatic heterocycles. The van der Waals surface area contributed by atoms with Crippen molar-refractivity contribution in [1.82, 2.24) is 9.80 Å². The van der Waals surface area contributed by atoms with Gasteiger partial charge in [-0.25, -0.2) is 0 Å². The van der Waals surface area contributed by atoms with Crippen LogP contribution in [0.5, 0.6) is 0 Å². The number of hydrogen-bond donors (Lipinski definition) is 0. The minimum atomic E-state index is -0.327. The molecule has 3 aliphatic heterocycles. The van der Waals surface area contributed by atoms with E-state index in [0.29, 0.717) is 25.3 Å².